The molecule has 0 radical (unpaired) electrons. The van der Waals surface area contributed by atoms with E-state index in [2.05, 4.69) is 15.6 Å². The van der Waals surface area contributed by atoms with Crippen molar-refractivity contribution in [1.29, 1.82) is 0 Å². The summed E-state index contributed by atoms with van der Waals surface area (Å²) >= 11 is 0. The molecule has 1 heterocycles. The van der Waals surface area contributed by atoms with Gasteiger partial charge in [0.1, 0.15) is 5.75 Å². The molecule has 0 spiro atoms. The van der Waals surface area contributed by atoms with E-state index in [4.69, 9.17) is 5.11 Å². The van der Waals surface area contributed by atoms with Crippen LogP contribution in [-0.2, 0) is 4.79 Å². The molecule has 0 atom stereocenters. The quantitative estimate of drug-likeness (QED) is 0.642. The van der Waals surface area contributed by atoms with E-state index in [9.17, 15) is 4.79 Å². The highest BCUT2D eigenvalue weighted by atomic mass is 16.3. The van der Waals surface area contributed by atoms with Gasteiger partial charge in [-0.3, -0.25) is 9.79 Å². The van der Waals surface area contributed by atoms with Crippen molar-refractivity contribution >= 4 is 17.4 Å². The van der Waals surface area contributed by atoms with E-state index in [-0.39, 0.29) is 11.7 Å². The van der Waals surface area contributed by atoms with Crippen LogP contribution in [0.2, 0.25) is 0 Å². The van der Waals surface area contributed by atoms with Crippen LogP contribution in [0.15, 0.2) is 29.3 Å². The van der Waals surface area contributed by atoms with E-state index in [0.717, 1.165) is 13.0 Å². The van der Waals surface area contributed by atoms with Crippen molar-refractivity contribution in [2.24, 2.45) is 4.99 Å². The van der Waals surface area contributed by atoms with Crippen LogP contribution in [0.5, 0.6) is 5.75 Å². The van der Waals surface area contributed by atoms with E-state index in [1.54, 1.807) is 12.1 Å². The third-order valence-electron chi connectivity index (χ3n) is 2.24. The molecule has 1 aliphatic rings. The van der Waals surface area contributed by atoms with Gasteiger partial charge >= 0.3 is 0 Å². The average molecular weight is 219 g/mol. The van der Waals surface area contributed by atoms with Gasteiger partial charge < -0.3 is 15.7 Å². The fraction of sp³-hybridized carbons (Fsp3) is 0.273. The number of aliphatic imine (C=N–C) groups is 1. The van der Waals surface area contributed by atoms with E-state index in [0.29, 0.717) is 18.1 Å². The number of carbonyl (C=O) groups is 1. The monoisotopic (exact) mass is 219 g/mol. The van der Waals surface area contributed by atoms with Crippen molar-refractivity contribution in [2.75, 3.05) is 18.4 Å². The summed E-state index contributed by atoms with van der Waals surface area (Å²) in [5.41, 5.74) is 0.637. The van der Waals surface area contributed by atoms with E-state index < -0.39 is 0 Å². The number of rotatable bonds is 2. The summed E-state index contributed by atoms with van der Waals surface area (Å²) in [6, 6.07) is 6.31. The fourth-order valence-corrected chi connectivity index (χ4v) is 1.42. The SMILES string of the molecule is O=C(Nc1ccc(O)cc1)C1=NCCCN1. The first-order chi connectivity index (χ1) is 7.75. The Labute approximate surface area is 93.2 Å². The number of phenols is 1. The maximum absolute atomic E-state index is 11.7. The summed E-state index contributed by atoms with van der Waals surface area (Å²) < 4.78 is 0. The summed E-state index contributed by atoms with van der Waals surface area (Å²) in [6.45, 7) is 1.47. The lowest BCUT2D eigenvalue weighted by Gasteiger charge is -2.13. The van der Waals surface area contributed by atoms with Crippen molar-refractivity contribution in [2.45, 2.75) is 6.42 Å². The second-order valence-corrected chi connectivity index (χ2v) is 3.51. The van der Waals surface area contributed by atoms with Gasteiger partial charge in [-0.05, 0) is 30.7 Å². The molecule has 1 aliphatic heterocycles. The molecule has 0 unspecified atom stereocenters. The lowest BCUT2D eigenvalue weighted by Crippen LogP contribution is -2.39. The molecule has 1 amide bonds. The smallest absolute Gasteiger partial charge is 0.290 e. The number of benzene rings is 1. The molecule has 2 rings (SSSR count). The molecule has 0 fully saturated rings. The van der Waals surface area contributed by atoms with Gasteiger partial charge in [0.2, 0.25) is 0 Å². The Kier molecular flexibility index (Phi) is 3.05. The Hall–Kier alpha value is -2.04. The summed E-state index contributed by atoms with van der Waals surface area (Å²) in [7, 11) is 0. The number of amidine groups is 1. The number of carbonyl (C=O) groups excluding carboxylic acids is 1. The number of amides is 1. The summed E-state index contributed by atoms with van der Waals surface area (Å²) in [5, 5.41) is 14.7. The average Bonchev–Trinajstić information content (AvgIpc) is 2.33. The molecule has 0 saturated heterocycles. The standard InChI is InChI=1S/C11H13N3O2/c15-9-4-2-8(3-5-9)14-11(16)10-12-6-1-7-13-10/h2-5,15H,1,6-7H2,(H,12,13)(H,14,16). The maximum atomic E-state index is 11.7. The molecule has 1 aromatic rings. The topological polar surface area (TPSA) is 73.7 Å². The first-order valence-corrected chi connectivity index (χ1v) is 5.14. The molecule has 0 aromatic heterocycles. The van der Waals surface area contributed by atoms with Crippen LogP contribution in [0, 0.1) is 0 Å². The Morgan fingerprint density at radius 3 is 2.75 bits per heavy atom. The van der Waals surface area contributed by atoms with Crippen LogP contribution >= 0.6 is 0 Å². The first-order valence-electron chi connectivity index (χ1n) is 5.14. The van der Waals surface area contributed by atoms with Crippen LogP contribution in [-0.4, -0.2) is 29.9 Å². The normalized spacial score (nSPS) is 14.9. The number of nitrogens with one attached hydrogen (secondary N) is 2. The third kappa shape index (κ3) is 2.50. The van der Waals surface area contributed by atoms with Gasteiger partial charge in [-0.15, -0.1) is 0 Å². The van der Waals surface area contributed by atoms with Crippen LogP contribution in [0.4, 0.5) is 5.69 Å². The highest BCUT2D eigenvalue weighted by molar-refractivity contribution is 6.42. The van der Waals surface area contributed by atoms with E-state index in [1.165, 1.54) is 12.1 Å². The highest BCUT2D eigenvalue weighted by Gasteiger charge is 2.13. The van der Waals surface area contributed by atoms with Crippen molar-refractivity contribution in [3.05, 3.63) is 24.3 Å². The highest BCUT2D eigenvalue weighted by Crippen LogP contribution is 2.13. The van der Waals surface area contributed by atoms with E-state index >= 15 is 0 Å². The Morgan fingerprint density at radius 2 is 2.12 bits per heavy atom. The Balaban J connectivity index is 2.01. The van der Waals surface area contributed by atoms with Crippen LogP contribution in [0.1, 0.15) is 6.42 Å². The molecule has 5 heteroatoms. The second kappa shape index (κ2) is 4.65. The molecular formula is C11H13N3O2. The zero-order valence-corrected chi connectivity index (χ0v) is 8.73. The van der Waals surface area contributed by atoms with Gasteiger partial charge in [0.25, 0.3) is 5.91 Å². The number of hydrogen-bond acceptors (Lipinski definition) is 4. The van der Waals surface area contributed by atoms with Crippen molar-refractivity contribution in [3.63, 3.8) is 0 Å². The molecule has 3 N–H and O–H groups in total. The Bertz CT molecular complexity index is 412. The van der Waals surface area contributed by atoms with Crippen LogP contribution in [0.3, 0.4) is 0 Å². The number of aromatic hydroxyl groups is 1. The molecule has 84 valence electrons. The van der Waals surface area contributed by atoms with Gasteiger partial charge in [-0.25, -0.2) is 0 Å². The van der Waals surface area contributed by atoms with Gasteiger partial charge in [0.15, 0.2) is 5.84 Å². The summed E-state index contributed by atoms with van der Waals surface area (Å²) in [4.78, 5) is 15.8. The maximum Gasteiger partial charge on any atom is 0.290 e. The first kappa shape index (κ1) is 10.5. The van der Waals surface area contributed by atoms with Crippen molar-refractivity contribution in [1.82, 2.24) is 5.32 Å². The predicted octanol–water partition coefficient (Wildman–Crippen LogP) is 0.723. The predicted molar refractivity (Wildman–Crippen MR) is 61.7 cm³/mol. The van der Waals surface area contributed by atoms with E-state index in [1.807, 2.05) is 0 Å². The lowest BCUT2D eigenvalue weighted by molar-refractivity contribution is -0.110. The van der Waals surface area contributed by atoms with Crippen molar-refractivity contribution in [3.8, 4) is 5.75 Å². The molecule has 5 nitrogen and oxygen atoms in total. The van der Waals surface area contributed by atoms with Crippen LogP contribution < -0.4 is 10.6 Å². The number of anilines is 1. The zero-order chi connectivity index (χ0) is 11.4. The van der Waals surface area contributed by atoms with Crippen molar-refractivity contribution < 1.29 is 9.90 Å². The molecule has 16 heavy (non-hydrogen) atoms. The molecule has 1 aromatic carbocycles. The second-order valence-electron chi connectivity index (χ2n) is 3.51. The largest absolute Gasteiger partial charge is 0.508 e. The zero-order valence-electron chi connectivity index (χ0n) is 8.73. The van der Waals surface area contributed by atoms with Gasteiger partial charge in [0.05, 0.1) is 0 Å². The third-order valence-corrected chi connectivity index (χ3v) is 2.24. The molecule has 0 bridgehead atoms. The van der Waals surface area contributed by atoms with Gasteiger partial charge in [0, 0.05) is 18.8 Å². The minimum atomic E-state index is -0.245. The molecule has 0 saturated carbocycles. The van der Waals surface area contributed by atoms with Gasteiger partial charge in [-0.2, -0.15) is 0 Å². The number of hydrogen-bond donors (Lipinski definition) is 3. The minimum Gasteiger partial charge on any atom is -0.508 e. The Morgan fingerprint density at radius 1 is 1.38 bits per heavy atom. The summed E-state index contributed by atoms with van der Waals surface area (Å²) in [6.07, 6.45) is 0.954. The number of phenolic OH excluding ortho intramolecular Hbond substituents is 1. The number of nitrogens with zero attached hydrogens (tertiary/aromatic N) is 1. The van der Waals surface area contributed by atoms with Crippen LogP contribution in [0.25, 0.3) is 0 Å². The fourth-order valence-electron chi connectivity index (χ4n) is 1.42. The minimum absolute atomic E-state index is 0.172. The van der Waals surface area contributed by atoms with Gasteiger partial charge in [-0.1, -0.05) is 0 Å². The summed E-state index contributed by atoms with van der Waals surface area (Å²) in [5.74, 6) is 0.302. The molecule has 0 aliphatic carbocycles. The molecular weight excluding hydrogens is 206 g/mol. The lowest BCUT2D eigenvalue weighted by atomic mass is 10.3.